The van der Waals surface area contributed by atoms with E-state index in [0.29, 0.717) is 5.54 Å². The van der Waals surface area contributed by atoms with Crippen LogP contribution in [0.4, 0.5) is 0 Å². The number of hydrogen-bond donors (Lipinski definition) is 0. The summed E-state index contributed by atoms with van der Waals surface area (Å²) in [6.45, 7) is 14.5. The molecule has 0 aromatic rings. The molecule has 0 aromatic carbocycles. The molecule has 1 aliphatic rings. The van der Waals surface area contributed by atoms with Crippen molar-refractivity contribution in [2.24, 2.45) is 0 Å². The molecule has 0 amide bonds. The molecule has 0 bridgehead atoms. The molecule has 0 fully saturated rings. The molecule has 0 aliphatic heterocycles. The second-order valence-electron chi connectivity index (χ2n) is 6.03. The molecule has 0 N–H and O–H groups in total. The van der Waals surface area contributed by atoms with Gasteiger partial charge >= 0.3 is 0 Å². The summed E-state index contributed by atoms with van der Waals surface area (Å²) < 4.78 is 0. The molecular weight excluding hydrogens is 188 g/mol. The second kappa shape index (κ2) is 3.24. The van der Waals surface area contributed by atoms with E-state index in [0.717, 1.165) is 0 Å². The first-order valence-electron chi connectivity index (χ1n) is 5.03. The third-order valence-electron chi connectivity index (χ3n) is 2.56. The van der Waals surface area contributed by atoms with Crippen molar-refractivity contribution >= 4 is 16.1 Å². The predicted molar refractivity (Wildman–Crippen MR) is 66.3 cm³/mol. The van der Waals surface area contributed by atoms with Crippen LogP contribution in [0.1, 0.15) is 0 Å². The number of hydrogen-bond acceptors (Lipinski definition) is 0. The lowest BCUT2D eigenvalue weighted by molar-refractivity contribution is 1.26. The summed E-state index contributed by atoms with van der Waals surface area (Å²) in [5, 5.41) is 1.60. The van der Waals surface area contributed by atoms with Crippen molar-refractivity contribution in [1.29, 1.82) is 0 Å². The van der Waals surface area contributed by atoms with Crippen molar-refractivity contribution in [3.8, 4) is 0 Å². The Bertz CT molecular complexity index is 248. The summed E-state index contributed by atoms with van der Waals surface area (Å²) in [6.07, 6.45) is 8.28. The van der Waals surface area contributed by atoms with Crippen LogP contribution < -0.4 is 0 Å². The molecular formula is C11H21Si2. The van der Waals surface area contributed by atoms with E-state index in [1.54, 1.807) is 5.20 Å². The minimum absolute atomic E-state index is 0.661. The molecule has 2 heteroatoms. The van der Waals surface area contributed by atoms with E-state index >= 15 is 0 Å². The highest BCUT2D eigenvalue weighted by Gasteiger charge is 2.29. The molecule has 1 rings (SSSR count). The fraction of sp³-hybridized carbons (Fsp3) is 0.636. The van der Waals surface area contributed by atoms with E-state index in [2.05, 4.69) is 57.5 Å². The Kier molecular flexibility index (Phi) is 2.74. The first-order chi connectivity index (χ1) is 5.71. The van der Waals surface area contributed by atoms with Gasteiger partial charge in [0, 0.05) is 0 Å². The van der Waals surface area contributed by atoms with Crippen molar-refractivity contribution in [2.45, 2.75) is 44.8 Å². The Morgan fingerprint density at radius 2 is 1.62 bits per heavy atom. The van der Waals surface area contributed by atoms with Gasteiger partial charge in [-0.25, -0.2) is 0 Å². The average Bonchev–Trinajstić information content (AvgIpc) is 2.28. The molecule has 0 nitrogen and oxygen atoms in total. The van der Waals surface area contributed by atoms with Gasteiger partial charge in [0.05, 0.1) is 16.1 Å². The molecule has 1 radical (unpaired) electrons. The lowest BCUT2D eigenvalue weighted by Gasteiger charge is -2.22. The summed E-state index contributed by atoms with van der Waals surface area (Å²) in [7, 11) is -2.12. The third kappa shape index (κ3) is 2.68. The van der Waals surface area contributed by atoms with Gasteiger partial charge in [-0.1, -0.05) is 56.6 Å². The Morgan fingerprint density at radius 3 is 1.85 bits per heavy atom. The minimum Gasteiger partial charge on any atom is -0.0805 e. The monoisotopic (exact) mass is 209 g/mol. The second-order valence-corrected chi connectivity index (χ2v) is 16.5. The number of rotatable bonds is 2. The van der Waals surface area contributed by atoms with Gasteiger partial charge in [-0.05, 0) is 11.6 Å². The highest BCUT2D eigenvalue weighted by molar-refractivity contribution is 6.84. The summed E-state index contributed by atoms with van der Waals surface area (Å²) in [5.41, 5.74) is 0.661. The van der Waals surface area contributed by atoms with E-state index in [1.807, 2.05) is 0 Å². The maximum absolute atomic E-state index is 3.53. The van der Waals surface area contributed by atoms with Gasteiger partial charge in [0.2, 0.25) is 0 Å². The van der Waals surface area contributed by atoms with Crippen LogP contribution in [0, 0.1) is 6.08 Å². The first kappa shape index (κ1) is 11.0. The molecule has 1 aliphatic carbocycles. The zero-order valence-corrected chi connectivity index (χ0v) is 11.7. The lowest BCUT2D eigenvalue weighted by Crippen LogP contribution is -2.26. The van der Waals surface area contributed by atoms with Gasteiger partial charge < -0.3 is 0 Å². The maximum Gasteiger partial charge on any atom is 0.0772 e. The molecule has 1 atom stereocenters. The molecule has 73 valence electrons. The highest BCUT2D eigenvalue weighted by Crippen LogP contribution is 2.33. The van der Waals surface area contributed by atoms with Gasteiger partial charge in [-0.3, -0.25) is 0 Å². The third-order valence-corrected chi connectivity index (χ3v) is 6.81. The molecule has 1 unspecified atom stereocenters. The van der Waals surface area contributed by atoms with Crippen molar-refractivity contribution in [3.05, 3.63) is 23.4 Å². The first-order valence-corrected chi connectivity index (χ1v) is 12.1. The van der Waals surface area contributed by atoms with Crippen molar-refractivity contribution < 1.29 is 0 Å². The van der Waals surface area contributed by atoms with Crippen LogP contribution in [0.15, 0.2) is 17.3 Å². The smallest absolute Gasteiger partial charge is 0.0772 e. The Morgan fingerprint density at radius 1 is 1.08 bits per heavy atom. The Balaban J connectivity index is 2.84. The van der Waals surface area contributed by atoms with Crippen molar-refractivity contribution in [2.75, 3.05) is 0 Å². The van der Waals surface area contributed by atoms with Crippen molar-refractivity contribution in [3.63, 3.8) is 0 Å². The quantitative estimate of drug-likeness (QED) is 0.606. The van der Waals surface area contributed by atoms with Crippen molar-refractivity contribution in [1.82, 2.24) is 0 Å². The van der Waals surface area contributed by atoms with Gasteiger partial charge in [0.25, 0.3) is 0 Å². The van der Waals surface area contributed by atoms with Crippen LogP contribution in [0.25, 0.3) is 0 Å². The topological polar surface area (TPSA) is 0 Å². The summed E-state index contributed by atoms with van der Waals surface area (Å²) in [5.74, 6) is 0. The standard InChI is InChI=1S/C11H21Si2/c1-12(2,3)10-7-8-11(9-10)13(4,5)6/h7,9,11H,1-6H3. The van der Waals surface area contributed by atoms with E-state index in [1.165, 1.54) is 0 Å². The SMILES string of the molecule is C[Si](C)(C)C1=CC([Si](C)(C)C)[C]=C1. The van der Waals surface area contributed by atoms with E-state index in [9.17, 15) is 0 Å². The number of allylic oxidation sites excluding steroid dienone is 4. The molecule has 13 heavy (non-hydrogen) atoms. The van der Waals surface area contributed by atoms with Crippen LogP contribution in [0.3, 0.4) is 0 Å². The van der Waals surface area contributed by atoms with E-state index in [4.69, 9.17) is 0 Å². The van der Waals surface area contributed by atoms with E-state index in [-0.39, 0.29) is 0 Å². The van der Waals surface area contributed by atoms with Gasteiger partial charge in [-0.15, -0.1) is 0 Å². The molecule has 0 heterocycles. The normalized spacial score (nSPS) is 23.5. The summed E-state index contributed by atoms with van der Waals surface area (Å²) >= 11 is 0. The predicted octanol–water partition coefficient (Wildman–Crippen LogP) is 3.87. The van der Waals surface area contributed by atoms with Gasteiger partial charge in [0.1, 0.15) is 0 Å². The Labute approximate surface area is 84.8 Å². The molecule has 0 saturated carbocycles. The molecule has 0 aromatic heterocycles. The molecule has 0 saturated heterocycles. The zero-order chi connectivity index (χ0) is 10.3. The average molecular weight is 209 g/mol. The minimum atomic E-state index is -1.08. The van der Waals surface area contributed by atoms with Crippen LogP contribution in [-0.2, 0) is 0 Å². The van der Waals surface area contributed by atoms with Gasteiger partial charge in [0.15, 0.2) is 0 Å². The van der Waals surface area contributed by atoms with E-state index < -0.39 is 16.1 Å². The fourth-order valence-electron chi connectivity index (χ4n) is 1.42. The summed E-state index contributed by atoms with van der Waals surface area (Å²) in [4.78, 5) is 0. The Hall–Kier alpha value is -0.0862. The fourth-order valence-corrected chi connectivity index (χ4v) is 4.03. The highest BCUT2D eigenvalue weighted by atomic mass is 28.3. The van der Waals surface area contributed by atoms with Crippen LogP contribution in [0.2, 0.25) is 44.8 Å². The van der Waals surface area contributed by atoms with Crippen LogP contribution >= 0.6 is 0 Å². The summed E-state index contributed by atoms with van der Waals surface area (Å²) in [6, 6.07) is 0. The lowest BCUT2D eigenvalue weighted by atomic mass is 10.5. The van der Waals surface area contributed by atoms with Gasteiger partial charge in [-0.2, -0.15) is 0 Å². The maximum atomic E-state index is 3.53. The zero-order valence-electron chi connectivity index (χ0n) is 9.73. The van der Waals surface area contributed by atoms with Crippen LogP contribution in [-0.4, -0.2) is 16.1 Å². The largest absolute Gasteiger partial charge is 0.0805 e. The van der Waals surface area contributed by atoms with Crippen LogP contribution in [0.5, 0.6) is 0 Å². The molecule has 0 spiro atoms.